The summed E-state index contributed by atoms with van der Waals surface area (Å²) >= 11 is 0.194. The first-order valence-electron chi connectivity index (χ1n) is 0.267. The van der Waals surface area contributed by atoms with Crippen LogP contribution in [-0.2, 0) is 13.1 Å². The molecular formula is H2Cl2FeO+. The van der Waals surface area contributed by atoms with Crippen LogP contribution >= 0.6 is 20.2 Å². The van der Waals surface area contributed by atoms with Crippen LogP contribution in [0.2, 0.25) is 0 Å². The number of rotatable bonds is 0. The van der Waals surface area contributed by atoms with Crippen LogP contribution in [0.3, 0.4) is 0 Å². The number of hydrogen-bond acceptors (Lipinski definition) is 0. The van der Waals surface area contributed by atoms with Gasteiger partial charge in [0.1, 0.15) is 0 Å². The Bertz CT molecular complexity index is 6.00. The van der Waals surface area contributed by atoms with Crippen molar-refractivity contribution >= 4 is 20.2 Å². The molecule has 0 saturated heterocycles. The van der Waals surface area contributed by atoms with Crippen molar-refractivity contribution in [3.05, 3.63) is 0 Å². The zero-order valence-corrected chi connectivity index (χ0v) is 4.23. The molecule has 0 fully saturated rings. The van der Waals surface area contributed by atoms with E-state index in [1.165, 1.54) is 0 Å². The zero-order chi connectivity index (χ0) is 2.71. The van der Waals surface area contributed by atoms with Crippen molar-refractivity contribution in [2.24, 2.45) is 0 Å². The molecule has 0 spiro atoms. The average Bonchev–Trinajstić information content (AvgIpc) is 0.918. The minimum absolute atomic E-state index is 0. The molecule has 0 unspecified atom stereocenters. The first-order valence-corrected chi connectivity index (χ1v) is 3.31. The second-order valence-electron chi connectivity index (χ2n) is 0.0505. The van der Waals surface area contributed by atoms with Crippen molar-refractivity contribution in [2.45, 2.75) is 0 Å². The Morgan fingerprint density at radius 1 is 1.25 bits per heavy atom. The Labute approximate surface area is 39.2 Å². The summed E-state index contributed by atoms with van der Waals surface area (Å²) in [7, 11) is 9.53. The van der Waals surface area contributed by atoms with Crippen molar-refractivity contribution in [2.75, 3.05) is 0 Å². The van der Waals surface area contributed by atoms with Gasteiger partial charge in [-0.05, 0) is 0 Å². The van der Waals surface area contributed by atoms with Crippen molar-refractivity contribution in [1.29, 1.82) is 0 Å². The van der Waals surface area contributed by atoms with E-state index in [1.807, 2.05) is 0 Å². The molecule has 2 N–H and O–H groups in total. The maximum absolute atomic E-state index is 4.76. The fourth-order valence-corrected chi connectivity index (χ4v) is 0. The molecule has 0 aromatic heterocycles. The summed E-state index contributed by atoms with van der Waals surface area (Å²) in [5.74, 6) is 0. The van der Waals surface area contributed by atoms with Crippen LogP contribution < -0.4 is 0 Å². The van der Waals surface area contributed by atoms with Crippen molar-refractivity contribution in [1.82, 2.24) is 0 Å². The van der Waals surface area contributed by atoms with E-state index in [-0.39, 0.29) is 18.6 Å². The van der Waals surface area contributed by atoms with Crippen LogP contribution in [0.5, 0.6) is 0 Å². The van der Waals surface area contributed by atoms with Gasteiger partial charge < -0.3 is 5.48 Å². The Kier molecular flexibility index (Phi) is 19.9. The second-order valence-corrected chi connectivity index (χ2v) is 1.87. The van der Waals surface area contributed by atoms with Gasteiger partial charge in [-0.15, -0.1) is 0 Å². The van der Waals surface area contributed by atoms with Crippen LogP contribution in [0.1, 0.15) is 0 Å². The SMILES string of the molecule is O.[Cl][Fe+][Cl]. The molecule has 0 aliphatic heterocycles. The summed E-state index contributed by atoms with van der Waals surface area (Å²) in [6.45, 7) is 0. The van der Waals surface area contributed by atoms with Gasteiger partial charge in [0.2, 0.25) is 0 Å². The molecule has 0 aliphatic carbocycles. The van der Waals surface area contributed by atoms with E-state index in [0.29, 0.717) is 0 Å². The van der Waals surface area contributed by atoms with Gasteiger partial charge in [0.15, 0.2) is 0 Å². The van der Waals surface area contributed by atoms with E-state index in [1.54, 1.807) is 0 Å². The van der Waals surface area contributed by atoms with Crippen molar-refractivity contribution in [3.63, 3.8) is 0 Å². The second kappa shape index (κ2) is 8.96. The summed E-state index contributed by atoms with van der Waals surface area (Å²) in [6.07, 6.45) is 0. The average molecular weight is 145 g/mol. The van der Waals surface area contributed by atoms with Crippen molar-refractivity contribution < 1.29 is 18.6 Å². The molecule has 0 amide bonds. The predicted molar refractivity (Wildman–Crippen MR) is 15.3 cm³/mol. The van der Waals surface area contributed by atoms with E-state index in [2.05, 4.69) is 0 Å². The van der Waals surface area contributed by atoms with E-state index in [4.69, 9.17) is 20.2 Å². The fourth-order valence-electron chi connectivity index (χ4n) is 0. The minimum atomic E-state index is 0. The molecule has 29 valence electrons. The molecule has 4 heteroatoms. The van der Waals surface area contributed by atoms with Crippen LogP contribution in [0.15, 0.2) is 0 Å². The quantitative estimate of drug-likeness (QED) is 0.445. The van der Waals surface area contributed by atoms with Gasteiger partial charge in [0.25, 0.3) is 0 Å². The molecule has 1 nitrogen and oxygen atoms in total. The van der Waals surface area contributed by atoms with Gasteiger partial charge >= 0.3 is 33.3 Å². The molecule has 0 aliphatic rings. The predicted octanol–water partition coefficient (Wildman–Crippen LogP) is 0.552. The third kappa shape index (κ3) is 11.6. The fraction of sp³-hybridized carbons (Fsp3) is 0. The van der Waals surface area contributed by atoms with E-state index in [9.17, 15) is 0 Å². The molecule has 0 atom stereocenters. The molecular weight excluding hydrogens is 143 g/mol. The first kappa shape index (κ1) is 8.91. The molecule has 0 radical (unpaired) electrons. The molecule has 0 rings (SSSR count). The Hall–Kier alpha value is 1.06. The summed E-state index contributed by atoms with van der Waals surface area (Å²) in [4.78, 5) is 0. The number of hydrogen-bond donors (Lipinski definition) is 0. The Morgan fingerprint density at radius 3 is 1.25 bits per heavy atom. The zero-order valence-electron chi connectivity index (χ0n) is 1.61. The molecule has 0 aromatic rings. The van der Waals surface area contributed by atoms with Gasteiger partial charge in [-0.3, -0.25) is 0 Å². The maximum atomic E-state index is 4.76. The van der Waals surface area contributed by atoms with Crippen LogP contribution in [0.4, 0.5) is 0 Å². The number of halogens is 2. The van der Waals surface area contributed by atoms with E-state index < -0.39 is 0 Å². The Morgan fingerprint density at radius 2 is 1.25 bits per heavy atom. The van der Waals surface area contributed by atoms with Crippen molar-refractivity contribution in [3.8, 4) is 0 Å². The molecule has 4 heavy (non-hydrogen) atoms. The van der Waals surface area contributed by atoms with Gasteiger partial charge in [-0.1, -0.05) is 0 Å². The molecule has 0 aromatic carbocycles. The Balaban J connectivity index is 0. The summed E-state index contributed by atoms with van der Waals surface area (Å²) in [5.41, 5.74) is 0. The van der Waals surface area contributed by atoms with Crippen LogP contribution in [0.25, 0.3) is 0 Å². The van der Waals surface area contributed by atoms with Gasteiger partial charge in [-0.2, -0.15) is 0 Å². The van der Waals surface area contributed by atoms with E-state index in [0.717, 1.165) is 0 Å². The topological polar surface area (TPSA) is 31.5 Å². The van der Waals surface area contributed by atoms with Gasteiger partial charge in [-0.25, -0.2) is 0 Å². The van der Waals surface area contributed by atoms with E-state index >= 15 is 0 Å². The standard InChI is InChI=1S/2ClH.Fe.H2O/h2*1H;;1H2/q;;+3;/p-2. The normalized spacial score (nSPS) is 4.50. The van der Waals surface area contributed by atoms with Gasteiger partial charge in [0.05, 0.1) is 0 Å². The molecule has 0 saturated carbocycles. The molecule has 0 bridgehead atoms. The molecule has 0 heterocycles. The summed E-state index contributed by atoms with van der Waals surface area (Å²) < 4.78 is 0. The summed E-state index contributed by atoms with van der Waals surface area (Å²) in [6, 6.07) is 0. The third-order valence-electron chi connectivity index (χ3n) is 0. The van der Waals surface area contributed by atoms with Crippen LogP contribution in [0, 0.1) is 0 Å². The monoisotopic (exact) mass is 144 g/mol. The van der Waals surface area contributed by atoms with Gasteiger partial charge in [0, 0.05) is 0 Å². The van der Waals surface area contributed by atoms with Crippen LogP contribution in [-0.4, -0.2) is 5.48 Å². The summed E-state index contributed by atoms with van der Waals surface area (Å²) in [5, 5.41) is 0. The third-order valence-corrected chi connectivity index (χ3v) is 0. The first-order chi connectivity index (χ1) is 1.41.